The number of hydrogen-bond acceptors (Lipinski definition) is 3. The van der Waals surface area contributed by atoms with Crippen molar-refractivity contribution in [2.24, 2.45) is 0 Å². The molecule has 2 aromatic carbocycles. The van der Waals surface area contributed by atoms with Gasteiger partial charge in [-0.25, -0.2) is 17.6 Å². The molecule has 4 nitrogen and oxygen atoms in total. The zero-order chi connectivity index (χ0) is 22.5. The van der Waals surface area contributed by atoms with Crippen LogP contribution in [0, 0.1) is 37.1 Å². The second kappa shape index (κ2) is 8.35. The van der Waals surface area contributed by atoms with Crippen molar-refractivity contribution in [3.8, 4) is 11.6 Å². The summed E-state index contributed by atoms with van der Waals surface area (Å²) in [5, 5.41) is 13.8. The SMILES string of the molecule is Cc1cccc(C(=O)c2c(C)nn(-c3c(F)c(F)c(C(F)(F)F)c(F)c3F)c2O)c1.[Mn]. The maximum atomic E-state index is 14.3. The van der Waals surface area contributed by atoms with Crippen LogP contribution in [0.15, 0.2) is 24.3 Å². The maximum absolute atomic E-state index is 14.3. The molecule has 0 atom stereocenters. The first-order valence-electron chi connectivity index (χ1n) is 8.19. The summed E-state index contributed by atoms with van der Waals surface area (Å²) < 4.78 is 94.5. The Labute approximate surface area is 180 Å². The molecular weight excluding hydrogens is 476 g/mol. The van der Waals surface area contributed by atoms with Crippen LogP contribution in [0.25, 0.3) is 5.69 Å². The summed E-state index contributed by atoms with van der Waals surface area (Å²) in [7, 11) is 0. The molecule has 31 heavy (non-hydrogen) atoms. The van der Waals surface area contributed by atoms with Crippen molar-refractivity contribution >= 4 is 5.78 Å². The van der Waals surface area contributed by atoms with Gasteiger partial charge in [-0.05, 0) is 19.9 Å². The molecule has 0 unspecified atom stereocenters. The first-order chi connectivity index (χ1) is 13.9. The van der Waals surface area contributed by atoms with Crippen LogP contribution in [0.3, 0.4) is 0 Å². The average molecular weight is 487 g/mol. The quantitative estimate of drug-likeness (QED) is 0.245. The molecule has 0 saturated carbocycles. The Balaban J connectivity index is 0.00000341. The number of hydrogen-bond donors (Lipinski definition) is 1. The number of carbonyl (C=O) groups is 1. The second-order valence-corrected chi connectivity index (χ2v) is 6.37. The van der Waals surface area contributed by atoms with Crippen LogP contribution in [0.4, 0.5) is 30.7 Å². The monoisotopic (exact) mass is 487 g/mol. The normalized spacial score (nSPS) is 11.4. The Morgan fingerprint density at radius 2 is 1.55 bits per heavy atom. The summed E-state index contributed by atoms with van der Waals surface area (Å²) in [6, 6.07) is 6.02. The van der Waals surface area contributed by atoms with Gasteiger partial charge in [0.1, 0.15) is 16.8 Å². The molecule has 0 saturated heterocycles. The van der Waals surface area contributed by atoms with Gasteiger partial charge in [0.25, 0.3) is 0 Å². The summed E-state index contributed by atoms with van der Waals surface area (Å²) in [4.78, 5) is 12.7. The third kappa shape index (κ3) is 4.05. The topological polar surface area (TPSA) is 55.1 Å². The number of nitrogens with zero attached hydrogens (tertiary/aromatic N) is 2. The maximum Gasteiger partial charge on any atom is 0.422 e. The standard InChI is InChI=1S/C19H11F7N2O2.Mn/c1-7-4-3-5-9(6-7)17(29)10-8(2)27-28(18(10)30)16-14(22)12(20)11(19(24,25)26)13(21)15(16)23;/h3-6,30H,1-2H3;. The van der Waals surface area contributed by atoms with Crippen molar-refractivity contribution in [1.29, 1.82) is 0 Å². The summed E-state index contributed by atoms with van der Waals surface area (Å²) in [6.07, 6.45) is -5.72. The smallest absolute Gasteiger partial charge is 0.422 e. The minimum atomic E-state index is -5.72. The molecule has 0 bridgehead atoms. The number of aromatic hydroxyl groups is 1. The van der Waals surface area contributed by atoms with Crippen LogP contribution < -0.4 is 0 Å². The van der Waals surface area contributed by atoms with E-state index in [4.69, 9.17) is 0 Å². The van der Waals surface area contributed by atoms with E-state index in [-0.39, 0.29) is 33.0 Å². The molecule has 165 valence electrons. The number of rotatable bonds is 3. The van der Waals surface area contributed by atoms with Gasteiger partial charge in [-0.3, -0.25) is 4.79 Å². The summed E-state index contributed by atoms with van der Waals surface area (Å²) >= 11 is 0. The van der Waals surface area contributed by atoms with Gasteiger partial charge in [-0.2, -0.15) is 23.0 Å². The first kappa shape index (κ1) is 24.4. The molecule has 0 aliphatic rings. The molecule has 0 aliphatic carbocycles. The van der Waals surface area contributed by atoms with Gasteiger partial charge in [0.2, 0.25) is 5.88 Å². The van der Waals surface area contributed by atoms with Crippen LogP contribution in [0.1, 0.15) is 32.7 Å². The van der Waals surface area contributed by atoms with Crippen molar-refractivity contribution in [3.63, 3.8) is 0 Å². The Bertz CT molecular complexity index is 1160. The van der Waals surface area contributed by atoms with E-state index < -0.39 is 57.9 Å². The van der Waals surface area contributed by atoms with E-state index in [1.807, 2.05) is 0 Å². The Morgan fingerprint density at radius 3 is 2.03 bits per heavy atom. The number of aryl methyl sites for hydroxylation is 2. The van der Waals surface area contributed by atoms with Crippen LogP contribution in [-0.2, 0) is 23.2 Å². The van der Waals surface area contributed by atoms with Gasteiger partial charge in [-0.15, -0.1) is 0 Å². The van der Waals surface area contributed by atoms with Gasteiger partial charge in [0.15, 0.2) is 29.1 Å². The minimum Gasteiger partial charge on any atom is -0.493 e. The van der Waals surface area contributed by atoms with Crippen molar-refractivity contribution in [3.05, 3.63) is 75.5 Å². The van der Waals surface area contributed by atoms with Crippen LogP contribution >= 0.6 is 0 Å². The molecule has 3 aromatic rings. The molecule has 3 rings (SSSR count). The molecule has 0 fully saturated rings. The van der Waals surface area contributed by atoms with E-state index in [9.17, 15) is 40.6 Å². The van der Waals surface area contributed by atoms with Gasteiger partial charge >= 0.3 is 6.18 Å². The molecule has 1 aromatic heterocycles. The van der Waals surface area contributed by atoms with Gasteiger partial charge < -0.3 is 5.11 Å². The third-order valence-electron chi connectivity index (χ3n) is 4.28. The summed E-state index contributed by atoms with van der Waals surface area (Å²) in [5.41, 5.74) is -4.57. The zero-order valence-electron chi connectivity index (χ0n) is 15.6. The number of halogens is 7. The van der Waals surface area contributed by atoms with E-state index in [2.05, 4.69) is 5.10 Å². The minimum absolute atomic E-state index is 0. The van der Waals surface area contributed by atoms with Crippen molar-refractivity contribution in [2.45, 2.75) is 20.0 Å². The molecule has 1 N–H and O–H groups in total. The fraction of sp³-hybridized carbons (Fsp3) is 0.158. The average Bonchev–Trinajstić information content (AvgIpc) is 2.93. The van der Waals surface area contributed by atoms with Gasteiger partial charge in [-0.1, -0.05) is 23.8 Å². The summed E-state index contributed by atoms with van der Waals surface area (Å²) in [6.45, 7) is 2.83. The predicted octanol–water partition coefficient (Wildman–Crippen LogP) is 5.00. The van der Waals surface area contributed by atoms with Gasteiger partial charge in [0, 0.05) is 22.6 Å². The third-order valence-corrected chi connectivity index (χ3v) is 4.28. The number of carbonyl (C=O) groups excluding carboxylic acids is 1. The molecule has 0 amide bonds. The summed E-state index contributed by atoms with van der Waals surface area (Å²) in [5.74, 6) is -12.3. The molecule has 12 heteroatoms. The number of alkyl halides is 3. The molecule has 1 radical (unpaired) electrons. The van der Waals surface area contributed by atoms with E-state index >= 15 is 0 Å². The fourth-order valence-corrected chi connectivity index (χ4v) is 2.92. The fourth-order valence-electron chi connectivity index (χ4n) is 2.92. The Kier molecular flexibility index (Phi) is 6.58. The van der Waals surface area contributed by atoms with Crippen LogP contribution in [0.2, 0.25) is 0 Å². The van der Waals surface area contributed by atoms with Crippen molar-refractivity contribution < 1.29 is 57.7 Å². The van der Waals surface area contributed by atoms with E-state index in [0.717, 1.165) is 6.92 Å². The zero-order valence-corrected chi connectivity index (χ0v) is 16.8. The molecule has 0 spiro atoms. The molecule has 1 heterocycles. The number of aromatic nitrogens is 2. The number of ketones is 1. The van der Waals surface area contributed by atoms with Crippen molar-refractivity contribution in [1.82, 2.24) is 9.78 Å². The first-order valence-corrected chi connectivity index (χ1v) is 8.19. The van der Waals surface area contributed by atoms with Crippen LogP contribution in [0.5, 0.6) is 5.88 Å². The Morgan fingerprint density at radius 1 is 1.00 bits per heavy atom. The largest absolute Gasteiger partial charge is 0.493 e. The van der Waals surface area contributed by atoms with E-state index in [1.54, 1.807) is 13.0 Å². The second-order valence-electron chi connectivity index (χ2n) is 6.37. The van der Waals surface area contributed by atoms with E-state index in [0.29, 0.717) is 5.56 Å². The molecule has 0 aliphatic heterocycles. The van der Waals surface area contributed by atoms with Crippen LogP contribution in [-0.4, -0.2) is 20.7 Å². The molecular formula is C19H11F7MnN2O2. The number of benzene rings is 2. The van der Waals surface area contributed by atoms with E-state index in [1.165, 1.54) is 18.2 Å². The Hall–Kier alpha value is -2.85. The predicted molar refractivity (Wildman–Crippen MR) is 89.4 cm³/mol. The van der Waals surface area contributed by atoms with Crippen molar-refractivity contribution in [2.75, 3.05) is 0 Å². The van der Waals surface area contributed by atoms with Gasteiger partial charge in [0.05, 0.1) is 5.69 Å².